The van der Waals surface area contributed by atoms with Gasteiger partial charge in [-0.25, -0.2) is 0 Å². The van der Waals surface area contributed by atoms with Crippen LogP contribution in [0, 0.1) is 0 Å². The number of fused-ring (bicyclic) bond motifs is 1. The standard InChI is InChI=1S/C18H30N4O2/c1-2-24-13-7-10-17(23)21-11-6-8-15(14-21)18-20-19-16-9-4-3-5-12-22(16)18/h15H,2-14H2,1H3. The van der Waals surface area contributed by atoms with E-state index < -0.39 is 0 Å². The number of nitrogens with zero attached hydrogens (tertiary/aromatic N) is 4. The fourth-order valence-electron chi connectivity index (χ4n) is 3.85. The Labute approximate surface area is 144 Å². The quantitative estimate of drug-likeness (QED) is 0.750. The highest BCUT2D eigenvalue weighted by atomic mass is 16.5. The fourth-order valence-corrected chi connectivity index (χ4v) is 3.85. The maximum atomic E-state index is 12.4. The zero-order valence-electron chi connectivity index (χ0n) is 14.9. The molecule has 0 radical (unpaired) electrons. The minimum Gasteiger partial charge on any atom is -0.382 e. The van der Waals surface area contributed by atoms with Crippen molar-refractivity contribution in [2.24, 2.45) is 0 Å². The Hall–Kier alpha value is -1.43. The first-order valence-corrected chi connectivity index (χ1v) is 9.57. The third-order valence-electron chi connectivity index (χ3n) is 5.16. The van der Waals surface area contributed by atoms with Crippen LogP contribution in [0.1, 0.15) is 69.4 Å². The molecule has 1 unspecified atom stereocenters. The highest BCUT2D eigenvalue weighted by Crippen LogP contribution is 2.28. The smallest absolute Gasteiger partial charge is 0.222 e. The lowest BCUT2D eigenvalue weighted by Gasteiger charge is -2.32. The van der Waals surface area contributed by atoms with Gasteiger partial charge in [-0.05, 0) is 39.0 Å². The molecule has 6 heteroatoms. The summed E-state index contributed by atoms with van der Waals surface area (Å²) in [5, 5.41) is 8.92. The number of amides is 1. The summed E-state index contributed by atoms with van der Waals surface area (Å²) >= 11 is 0. The molecule has 1 atom stereocenters. The van der Waals surface area contributed by atoms with Gasteiger partial charge < -0.3 is 14.2 Å². The number of carbonyl (C=O) groups is 1. The van der Waals surface area contributed by atoms with Gasteiger partial charge in [0.05, 0.1) is 0 Å². The summed E-state index contributed by atoms with van der Waals surface area (Å²) in [5.41, 5.74) is 0. The van der Waals surface area contributed by atoms with Crippen LogP contribution in [-0.4, -0.2) is 51.9 Å². The molecule has 1 fully saturated rings. The molecule has 2 aliphatic heterocycles. The number of hydrogen-bond donors (Lipinski definition) is 0. The van der Waals surface area contributed by atoms with Crippen molar-refractivity contribution in [1.82, 2.24) is 19.7 Å². The molecule has 134 valence electrons. The predicted octanol–water partition coefficient (Wildman–Crippen LogP) is 2.53. The van der Waals surface area contributed by atoms with Gasteiger partial charge in [-0.2, -0.15) is 0 Å². The zero-order chi connectivity index (χ0) is 16.8. The second-order valence-corrected chi connectivity index (χ2v) is 6.92. The number of likely N-dealkylation sites (tertiary alicyclic amines) is 1. The number of ether oxygens (including phenoxy) is 1. The first-order valence-electron chi connectivity index (χ1n) is 9.57. The second kappa shape index (κ2) is 8.60. The normalized spacial score (nSPS) is 21.4. The first kappa shape index (κ1) is 17.4. The van der Waals surface area contributed by atoms with Gasteiger partial charge in [0.25, 0.3) is 0 Å². The van der Waals surface area contributed by atoms with Crippen molar-refractivity contribution in [2.45, 2.75) is 70.8 Å². The van der Waals surface area contributed by atoms with Crippen molar-refractivity contribution < 1.29 is 9.53 Å². The van der Waals surface area contributed by atoms with Crippen molar-refractivity contribution in [3.05, 3.63) is 11.6 Å². The maximum absolute atomic E-state index is 12.4. The van der Waals surface area contributed by atoms with E-state index in [1.165, 1.54) is 19.3 Å². The highest BCUT2D eigenvalue weighted by molar-refractivity contribution is 5.76. The van der Waals surface area contributed by atoms with Crippen LogP contribution in [-0.2, 0) is 22.5 Å². The summed E-state index contributed by atoms with van der Waals surface area (Å²) < 4.78 is 7.67. The molecule has 2 aliphatic rings. The molecule has 1 amide bonds. The van der Waals surface area contributed by atoms with Crippen LogP contribution in [0.15, 0.2) is 0 Å². The van der Waals surface area contributed by atoms with E-state index in [0.29, 0.717) is 18.9 Å². The average molecular weight is 334 g/mol. The van der Waals surface area contributed by atoms with Crippen LogP contribution in [0.3, 0.4) is 0 Å². The number of carbonyl (C=O) groups excluding carboxylic acids is 1. The van der Waals surface area contributed by atoms with Gasteiger partial charge in [0.2, 0.25) is 5.91 Å². The number of aryl methyl sites for hydroxylation is 1. The van der Waals surface area contributed by atoms with Crippen LogP contribution in [0.25, 0.3) is 0 Å². The maximum Gasteiger partial charge on any atom is 0.222 e. The van der Waals surface area contributed by atoms with Crippen LogP contribution >= 0.6 is 0 Å². The van der Waals surface area contributed by atoms with Gasteiger partial charge in [0.15, 0.2) is 0 Å². The molecule has 3 heterocycles. The molecule has 0 spiro atoms. The van der Waals surface area contributed by atoms with Crippen molar-refractivity contribution in [3.63, 3.8) is 0 Å². The number of piperidine rings is 1. The van der Waals surface area contributed by atoms with Crippen molar-refractivity contribution in [2.75, 3.05) is 26.3 Å². The Kier molecular flexibility index (Phi) is 6.24. The molecule has 1 saturated heterocycles. The Morgan fingerprint density at radius 3 is 3.00 bits per heavy atom. The van der Waals surface area contributed by atoms with Crippen LogP contribution in [0.5, 0.6) is 0 Å². The molecule has 0 aromatic carbocycles. The van der Waals surface area contributed by atoms with E-state index in [4.69, 9.17) is 4.74 Å². The predicted molar refractivity (Wildman–Crippen MR) is 91.9 cm³/mol. The summed E-state index contributed by atoms with van der Waals surface area (Å²) in [6.07, 6.45) is 8.32. The Bertz CT molecular complexity index is 543. The Balaban J connectivity index is 1.59. The van der Waals surface area contributed by atoms with Crippen LogP contribution in [0.2, 0.25) is 0 Å². The molecule has 3 rings (SSSR count). The van der Waals surface area contributed by atoms with Crippen LogP contribution in [0.4, 0.5) is 0 Å². The molecule has 1 aromatic rings. The monoisotopic (exact) mass is 334 g/mol. The van der Waals surface area contributed by atoms with Gasteiger partial charge in [-0.3, -0.25) is 4.79 Å². The zero-order valence-corrected chi connectivity index (χ0v) is 14.9. The second-order valence-electron chi connectivity index (χ2n) is 6.92. The van der Waals surface area contributed by atoms with E-state index in [-0.39, 0.29) is 5.91 Å². The summed E-state index contributed by atoms with van der Waals surface area (Å²) in [5.74, 6) is 2.85. The molecule has 1 aromatic heterocycles. The third-order valence-corrected chi connectivity index (χ3v) is 5.16. The van der Waals surface area contributed by atoms with Gasteiger partial charge >= 0.3 is 0 Å². The average Bonchev–Trinajstić information content (AvgIpc) is 2.87. The molecule has 0 N–H and O–H groups in total. The summed E-state index contributed by atoms with van der Waals surface area (Å²) in [6, 6.07) is 0. The molecule has 6 nitrogen and oxygen atoms in total. The molecule has 24 heavy (non-hydrogen) atoms. The van der Waals surface area contributed by atoms with E-state index in [1.807, 2.05) is 11.8 Å². The van der Waals surface area contributed by atoms with Crippen molar-refractivity contribution >= 4 is 5.91 Å². The van der Waals surface area contributed by atoms with E-state index in [1.54, 1.807) is 0 Å². The van der Waals surface area contributed by atoms with Crippen molar-refractivity contribution in [1.29, 1.82) is 0 Å². The highest BCUT2D eigenvalue weighted by Gasteiger charge is 2.29. The SMILES string of the molecule is CCOCCCC(=O)N1CCCC(c2nnc3n2CCCCC3)C1. The Morgan fingerprint density at radius 2 is 2.12 bits per heavy atom. The fraction of sp³-hybridized carbons (Fsp3) is 0.833. The molecular weight excluding hydrogens is 304 g/mol. The number of hydrogen-bond acceptors (Lipinski definition) is 4. The largest absolute Gasteiger partial charge is 0.382 e. The van der Waals surface area contributed by atoms with Crippen LogP contribution < -0.4 is 0 Å². The van der Waals surface area contributed by atoms with E-state index >= 15 is 0 Å². The van der Waals surface area contributed by atoms with E-state index in [9.17, 15) is 4.79 Å². The van der Waals surface area contributed by atoms with Gasteiger partial charge in [-0.15, -0.1) is 10.2 Å². The molecule has 0 bridgehead atoms. The molecule has 0 saturated carbocycles. The Morgan fingerprint density at radius 1 is 1.21 bits per heavy atom. The number of rotatable bonds is 6. The molecule has 0 aliphatic carbocycles. The third kappa shape index (κ3) is 4.15. The molecular formula is C18H30N4O2. The van der Waals surface area contributed by atoms with E-state index in [2.05, 4.69) is 14.8 Å². The summed E-state index contributed by atoms with van der Waals surface area (Å²) in [4.78, 5) is 14.5. The van der Waals surface area contributed by atoms with E-state index in [0.717, 1.165) is 63.6 Å². The topological polar surface area (TPSA) is 60.2 Å². The minimum atomic E-state index is 0.259. The van der Waals surface area contributed by atoms with Gasteiger partial charge in [0, 0.05) is 51.6 Å². The van der Waals surface area contributed by atoms with Gasteiger partial charge in [0.1, 0.15) is 11.6 Å². The lowest BCUT2D eigenvalue weighted by atomic mass is 9.96. The van der Waals surface area contributed by atoms with Crippen molar-refractivity contribution in [3.8, 4) is 0 Å². The summed E-state index contributed by atoms with van der Waals surface area (Å²) in [6.45, 7) is 6.10. The lowest BCUT2D eigenvalue weighted by molar-refractivity contribution is -0.132. The lowest BCUT2D eigenvalue weighted by Crippen LogP contribution is -2.39. The first-order chi connectivity index (χ1) is 11.8. The summed E-state index contributed by atoms with van der Waals surface area (Å²) in [7, 11) is 0. The number of aromatic nitrogens is 3. The minimum absolute atomic E-state index is 0.259. The van der Waals surface area contributed by atoms with Gasteiger partial charge in [-0.1, -0.05) is 6.42 Å².